The smallest absolute Gasteiger partial charge is 0.0589 e. The van der Waals surface area contributed by atoms with E-state index in [-0.39, 0.29) is 0 Å². The fourth-order valence-corrected chi connectivity index (χ4v) is 2.06. The van der Waals surface area contributed by atoms with E-state index in [1.807, 2.05) is 13.8 Å². The average Bonchev–Trinajstić information content (AvgIpc) is 2.38. The minimum atomic E-state index is 0.804. The SMILES string of the molecule is CC.CCN(C)C1CCN(CCOC)CC1. The van der Waals surface area contributed by atoms with Crippen LogP contribution in [0.25, 0.3) is 0 Å². The van der Waals surface area contributed by atoms with Gasteiger partial charge in [-0.3, -0.25) is 0 Å². The first kappa shape index (κ1) is 15.9. The Morgan fingerprint density at radius 3 is 2.25 bits per heavy atom. The lowest BCUT2D eigenvalue weighted by molar-refractivity contribution is 0.0995. The summed E-state index contributed by atoms with van der Waals surface area (Å²) >= 11 is 0. The Morgan fingerprint density at radius 1 is 1.25 bits per heavy atom. The molecular formula is C13H30N2O. The molecule has 0 amide bonds. The van der Waals surface area contributed by atoms with Gasteiger partial charge in [-0.2, -0.15) is 0 Å². The molecule has 1 fully saturated rings. The van der Waals surface area contributed by atoms with Gasteiger partial charge >= 0.3 is 0 Å². The molecule has 0 radical (unpaired) electrons. The lowest BCUT2D eigenvalue weighted by Crippen LogP contribution is -2.44. The third-order valence-corrected chi connectivity index (χ3v) is 3.29. The van der Waals surface area contributed by atoms with Crippen LogP contribution in [0.1, 0.15) is 33.6 Å². The van der Waals surface area contributed by atoms with Gasteiger partial charge in [0.25, 0.3) is 0 Å². The minimum absolute atomic E-state index is 0.804. The van der Waals surface area contributed by atoms with Crippen molar-refractivity contribution < 1.29 is 4.74 Å². The summed E-state index contributed by atoms with van der Waals surface area (Å²) < 4.78 is 5.09. The minimum Gasteiger partial charge on any atom is -0.383 e. The highest BCUT2D eigenvalue weighted by molar-refractivity contribution is 4.77. The number of rotatable bonds is 5. The first-order chi connectivity index (χ1) is 7.77. The quantitative estimate of drug-likeness (QED) is 0.719. The molecule has 0 aromatic carbocycles. The Labute approximate surface area is 102 Å². The van der Waals surface area contributed by atoms with Crippen LogP contribution in [0, 0.1) is 0 Å². The summed E-state index contributed by atoms with van der Waals surface area (Å²) in [7, 11) is 4.01. The van der Waals surface area contributed by atoms with Gasteiger partial charge in [-0.15, -0.1) is 0 Å². The lowest BCUT2D eigenvalue weighted by Gasteiger charge is -2.36. The largest absolute Gasteiger partial charge is 0.383 e. The molecule has 0 spiro atoms. The van der Waals surface area contributed by atoms with Crippen molar-refractivity contribution in [2.45, 2.75) is 39.7 Å². The van der Waals surface area contributed by atoms with Crippen LogP contribution in [0.5, 0.6) is 0 Å². The summed E-state index contributed by atoms with van der Waals surface area (Å²) in [6, 6.07) is 0.804. The zero-order valence-corrected chi connectivity index (χ0v) is 11.8. The fourth-order valence-electron chi connectivity index (χ4n) is 2.06. The van der Waals surface area contributed by atoms with Gasteiger partial charge in [0.05, 0.1) is 6.61 Å². The molecule has 0 atom stereocenters. The van der Waals surface area contributed by atoms with Gasteiger partial charge in [0.2, 0.25) is 0 Å². The van der Waals surface area contributed by atoms with E-state index in [0.29, 0.717) is 0 Å². The van der Waals surface area contributed by atoms with Crippen molar-refractivity contribution >= 4 is 0 Å². The van der Waals surface area contributed by atoms with Crippen molar-refractivity contribution in [3.63, 3.8) is 0 Å². The monoisotopic (exact) mass is 230 g/mol. The topological polar surface area (TPSA) is 15.7 Å². The summed E-state index contributed by atoms with van der Waals surface area (Å²) in [5.41, 5.74) is 0. The van der Waals surface area contributed by atoms with Crippen LogP contribution >= 0.6 is 0 Å². The zero-order valence-electron chi connectivity index (χ0n) is 11.8. The van der Waals surface area contributed by atoms with E-state index in [1.54, 1.807) is 7.11 Å². The summed E-state index contributed by atoms with van der Waals surface area (Å²) in [6.45, 7) is 11.8. The van der Waals surface area contributed by atoms with Gasteiger partial charge in [-0.1, -0.05) is 20.8 Å². The molecule has 3 nitrogen and oxygen atoms in total. The molecule has 1 rings (SSSR count). The van der Waals surface area contributed by atoms with Gasteiger partial charge in [-0.25, -0.2) is 0 Å². The third kappa shape index (κ3) is 5.83. The second kappa shape index (κ2) is 10.1. The second-order valence-electron chi connectivity index (χ2n) is 4.14. The summed E-state index contributed by atoms with van der Waals surface area (Å²) in [5, 5.41) is 0. The number of methoxy groups -OCH3 is 1. The Kier molecular flexibility index (Phi) is 9.99. The maximum atomic E-state index is 5.09. The molecule has 0 N–H and O–H groups in total. The van der Waals surface area contributed by atoms with Crippen molar-refractivity contribution in [1.29, 1.82) is 0 Å². The van der Waals surface area contributed by atoms with Crippen molar-refractivity contribution in [1.82, 2.24) is 9.80 Å². The lowest BCUT2D eigenvalue weighted by atomic mass is 10.0. The molecule has 3 heteroatoms. The van der Waals surface area contributed by atoms with Crippen molar-refractivity contribution in [3.05, 3.63) is 0 Å². The molecule has 98 valence electrons. The normalized spacial score (nSPS) is 18.4. The van der Waals surface area contributed by atoms with Gasteiger partial charge < -0.3 is 14.5 Å². The Hall–Kier alpha value is -0.120. The molecule has 0 aromatic heterocycles. The molecule has 16 heavy (non-hydrogen) atoms. The molecular weight excluding hydrogens is 200 g/mol. The van der Waals surface area contributed by atoms with Crippen LogP contribution in [0.4, 0.5) is 0 Å². The number of piperidine rings is 1. The third-order valence-electron chi connectivity index (χ3n) is 3.29. The van der Waals surface area contributed by atoms with Crippen LogP contribution in [0.2, 0.25) is 0 Å². The standard InChI is InChI=1S/C11H24N2O.C2H6/c1-4-12(2)11-5-7-13(8-6-11)9-10-14-3;1-2/h11H,4-10H2,1-3H3;1-2H3. The van der Waals surface area contributed by atoms with E-state index >= 15 is 0 Å². The van der Waals surface area contributed by atoms with Crippen LogP contribution < -0.4 is 0 Å². The molecule has 0 aliphatic carbocycles. The molecule has 0 aromatic rings. The van der Waals surface area contributed by atoms with Crippen LogP contribution in [0.15, 0.2) is 0 Å². The van der Waals surface area contributed by atoms with Crippen molar-refractivity contribution in [2.24, 2.45) is 0 Å². The predicted molar refractivity (Wildman–Crippen MR) is 71.0 cm³/mol. The number of hydrogen-bond acceptors (Lipinski definition) is 3. The average molecular weight is 230 g/mol. The number of hydrogen-bond donors (Lipinski definition) is 0. The molecule has 0 bridgehead atoms. The molecule has 0 saturated carbocycles. The molecule has 1 saturated heterocycles. The highest BCUT2D eigenvalue weighted by Crippen LogP contribution is 2.14. The molecule has 1 heterocycles. The van der Waals surface area contributed by atoms with Gasteiger partial charge in [0, 0.05) is 19.7 Å². The van der Waals surface area contributed by atoms with E-state index in [2.05, 4.69) is 23.8 Å². The van der Waals surface area contributed by atoms with Crippen LogP contribution in [-0.2, 0) is 4.74 Å². The maximum absolute atomic E-state index is 5.09. The second-order valence-corrected chi connectivity index (χ2v) is 4.14. The first-order valence-corrected chi connectivity index (χ1v) is 6.69. The van der Waals surface area contributed by atoms with Crippen LogP contribution in [0.3, 0.4) is 0 Å². The van der Waals surface area contributed by atoms with E-state index in [9.17, 15) is 0 Å². The van der Waals surface area contributed by atoms with E-state index in [0.717, 1.165) is 19.2 Å². The molecule has 1 aliphatic heterocycles. The van der Waals surface area contributed by atoms with Crippen molar-refractivity contribution in [2.75, 3.05) is 46.9 Å². The van der Waals surface area contributed by atoms with Gasteiger partial charge in [-0.05, 0) is 39.5 Å². The first-order valence-electron chi connectivity index (χ1n) is 6.69. The number of likely N-dealkylation sites (tertiary alicyclic amines) is 1. The molecule has 0 unspecified atom stereocenters. The fraction of sp³-hybridized carbons (Fsp3) is 1.00. The summed E-state index contributed by atoms with van der Waals surface area (Å²) in [4.78, 5) is 4.97. The number of ether oxygens (including phenoxy) is 1. The highest BCUT2D eigenvalue weighted by atomic mass is 16.5. The van der Waals surface area contributed by atoms with Gasteiger partial charge in [0.15, 0.2) is 0 Å². The zero-order chi connectivity index (χ0) is 12.4. The Balaban J connectivity index is 0.00000106. The van der Waals surface area contributed by atoms with Crippen LogP contribution in [-0.4, -0.2) is 62.8 Å². The molecule has 1 aliphatic rings. The summed E-state index contributed by atoms with van der Waals surface area (Å²) in [6.07, 6.45) is 2.63. The van der Waals surface area contributed by atoms with Gasteiger partial charge in [0.1, 0.15) is 0 Å². The Bertz CT molecular complexity index is 145. The predicted octanol–water partition coefficient (Wildman–Crippen LogP) is 2.08. The van der Waals surface area contributed by atoms with E-state index in [4.69, 9.17) is 4.74 Å². The summed E-state index contributed by atoms with van der Waals surface area (Å²) in [5.74, 6) is 0. The Morgan fingerprint density at radius 2 is 1.81 bits per heavy atom. The van der Waals surface area contributed by atoms with E-state index < -0.39 is 0 Å². The highest BCUT2D eigenvalue weighted by Gasteiger charge is 2.20. The number of nitrogens with zero attached hydrogens (tertiary/aromatic N) is 2. The van der Waals surface area contributed by atoms with Crippen molar-refractivity contribution in [3.8, 4) is 0 Å². The maximum Gasteiger partial charge on any atom is 0.0589 e. The van der Waals surface area contributed by atoms with E-state index in [1.165, 1.54) is 32.5 Å².